The Bertz CT molecular complexity index is 783. The van der Waals surface area contributed by atoms with E-state index in [2.05, 4.69) is 5.32 Å². The average molecular weight is 393 g/mol. The first-order valence-corrected chi connectivity index (χ1v) is 8.96. The Morgan fingerprint density at radius 1 is 1.19 bits per heavy atom. The normalized spacial score (nSPS) is 11.6. The predicted molar refractivity (Wildman–Crippen MR) is 102 cm³/mol. The van der Waals surface area contributed by atoms with E-state index >= 15 is 0 Å². The molecule has 144 valence electrons. The second-order valence-corrected chi connectivity index (χ2v) is 6.31. The van der Waals surface area contributed by atoms with Crippen molar-refractivity contribution in [1.82, 2.24) is 10.2 Å². The second-order valence-electron chi connectivity index (χ2n) is 5.91. The maximum absolute atomic E-state index is 13.2. The number of likely N-dealkylation sites (N-methyl/N-ethyl adjacent to an activating group) is 1. The summed E-state index contributed by atoms with van der Waals surface area (Å²) in [5, 5.41) is 2.97. The third-order valence-corrected chi connectivity index (χ3v) is 4.40. The van der Waals surface area contributed by atoms with Crippen molar-refractivity contribution in [2.24, 2.45) is 0 Å². The molecule has 0 fully saturated rings. The first-order chi connectivity index (χ1) is 13.0. The van der Waals surface area contributed by atoms with Crippen LogP contribution in [0.1, 0.15) is 18.9 Å². The van der Waals surface area contributed by atoms with Crippen molar-refractivity contribution in [3.05, 3.63) is 64.9 Å². The van der Waals surface area contributed by atoms with Crippen molar-refractivity contribution in [3.63, 3.8) is 0 Å². The van der Waals surface area contributed by atoms with Gasteiger partial charge in [-0.1, -0.05) is 42.8 Å². The number of halogens is 2. The van der Waals surface area contributed by atoms with E-state index in [1.165, 1.54) is 24.1 Å². The predicted octanol–water partition coefficient (Wildman–Crippen LogP) is 3.41. The van der Waals surface area contributed by atoms with Crippen LogP contribution in [0.4, 0.5) is 4.39 Å². The van der Waals surface area contributed by atoms with E-state index in [1.54, 1.807) is 36.4 Å². The summed E-state index contributed by atoms with van der Waals surface area (Å²) in [5.74, 6) is -0.611. The number of rotatable bonds is 8. The summed E-state index contributed by atoms with van der Waals surface area (Å²) in [6.07, 6.45) is 0.429. The van der Waals surface area contributed by atoms with Crippen LogP contribution < -0.4 is 10.1 Å². The van der Waals surface area contributed by atoms with Crippen molar-refractivity contribution < 1.29 is 18.7 Å². The Kier molecular flexibility index (Phi) is 7.61. The third-order valence-electron chi connectivity index (χ3n) is 4.09. The zero-order chi connectivity index (χ0) is 19.8. The molecule has 0 aromatic heterocycles. The van der Waals surface area contributed by atoms with Gasteiger partial charge in [-0.25, -0.2) is 4.39 Å². The molecule has 0 heterocycles. The summed E-state index contributed by atoms with van der Waals surface area (Å²) < 4.78 is 18.7. The van der Waals surface area contributed by atoms with E-state index < -0.39 is 6.04 Å². The topological polar surface area (TPSA) is 58.6 Å². The average Bonchev–Trinajstić information content (AvgIpc) is 2.68. The van der Waals surface area contributed by atoms with Gasteiger partial charge < -0.3 is 15.0 Å². The minimum atomic E-state index is -0.664. The zero-order valence-corrected chi connectivity index (χ0v) is 16.0. The van der Waals surface area contributed by atoms with E-state index in [0.29, 0.717) is 22.8 Å². The van der Waals surface area contributed by atoms with Crippen LogP contribution >= 0.6 is 11.6 Å². The van der Waals surface area contributed by atoms with Gasteiger partial charge in [0.2, 0.25) is 5.91 Å². The number of benzene rings is 2. The minimum Gasteiger partial charge on any atom is -0.482 e. The maximum atomic E-state index is 13.2. The molecule has 0 spiro atoms. The van der Waals surface area contributed by atoms with Gasteiger partial charge in [0, 0.05) is 13.6 Å². The number of hydrogen-bond donors (Lipinski definition) is 1. The van der Waals surface area contributed by atoms with E-state index in [4.69, 9.17) is 16.3 Å². The van der Waals surface area contributed by atoms with Crippen LogP contribution in [-0.2, 0) is 16.1 Å². The number of nitrogens with one attached hydrogen (secondary N) is 1. The molecule has 27 heavy (non-hydrogen) atoms. The maximum Gasteiger partial charge on any atom is 0.261 e. The highest BCUT2D eigenvalue weighted by Gasteiger charge is 2.28. The lowest BCUT2D eigenvalue weighted by atomic mass is 10.1. The van der Waals surface area contributed by atoms with E-state index in [-0.39, 0.29) is 30.8 Å². The number of amides is 2. The largest absolute Gasteiger partial charge is 0.482 e. The molecule has 0 unspecified atom stereocenters. The standard InChI is InChI=1S/C20H22ClFN2O3/c1-3-17(20(26)23-2)24(12-14-8-10-15(22)11-9-14)19(25)13-27-18-7-5-4-6-16(18)21/h4-11,17H,3,12-13H2,1-2H3,(H,23,26)/t17-/m1/s1. The molecule has 0 radical (unpaired) electrons. The molecule has 1 atom stereocenters. The van der Waals surface area contributed by atoms with Gasteiger partial charge in [0.15, 0.2) is 6.61 Å². The first-order valence-electron chi connectivity index (χ1n) is 8.59. The van der Waals surface area contributed by atoms with Gasteiger partial charge in [-0.05, 0) is 36.2 Å². The number of nitrogens with zero attached hydrogens (tertiary/aromatic N) is 1. The van der Waals surface area contributed by atoms with Crippen LogP contribution in [0.3, 0.4) is 0 Å². The Hall–Kier alpha value is -2.60. The second kappa shape index (κ2) is 9.92. The molecule has 2 aromatic rings. The quantitative estimate of drug-likeness (QED) is 0.749. The van der Waals surface area contributed by atoms with Gasteiger partial charge in [0.25, 0.3) is 5.91 Å². The van der Waals surface area contributed by atoms with Crippen LogP contribution in [0, 0.1) is 5.82 Å². The first kappa shape index (κ1) is 20.7. The monoisotopic (exact) mass is 392 g/mol. The Morgan fingerprint density at radius 2 is 1.85 bits per heavy atom. The highest BCUT2D eigenvalue weighted by atomic mass is 35.5. The van der Waals surface area contributed by atoms with Gasteiger partial charge in [0.05, 0.1) is 5.02 Å². The molecular formula is C20H22ClFN2O3. The number of carbonyl (C=O) groups excluding carboxylic acids is 2. The molecule has 0 saturated heterocycles. The lowest BCUT2D eigenvalue weighted by Crippen LogP contribution is -2.49. The summed E-state index contributed by atoms with van der Waals surface area (Å²) in [6, 6.07) is 12.0. The van der Waals surface area contributed by atoms with E-state index in [0.717, 1.165) is 0 Å². The molecule has 0 bridgehead atoms. The summed E-state index contributed by atoms with van der Waals surface area (Å²) >= 11 is 6.05. The molecule has 0 saturated carbocycles. The van der Waals surface area contributed by atoms with Crippen molar-refractivity contribution in [2.45, 2.75) is 25.9 Å². The molecule has 0 aliphatic heterocycles. The lowest BCUT2D eigenvalue weighted by Gasteiger charge is -2.30. The summed E-state index contributed by atoms with van der Waals surface area (Å²) in [6.45, 7) is 1.72. The molecule has 7 heteroatoms. The molecule has 0 aliphatic rings. The van der Waals surface area contributed by atoms with Gasteiger partial charge in [-0.2, -0.15) is 0 Å². The number of carbonyl (C=O) groups is 2. The summed E-state index contributed by atoms with van der Waals surface area (Å²) in [4.78, 5) is 26.5. The smallest absolute Gasteiger partial charge is 0.261 e. The van der Waals surface area contributed by atoms with Crippen LogP contribution in [-0.4, -0.2) is 36.4 Å². The van der Waals surface area contributed by atoms with Gasteiger partial charge in [-0.15, -0.1) is 0 Å². The highest BCUT2D eigenvalue weighted by molar-refractivity contribution is 6.32. The van der Waals surface area contributed by atoms with Crippen LogP contribution in [0.2, 0.25) is 5.02 Å². The van der Waals surface area contributed by atoms with Gasteiger partial charge >= 0.3 is 0 Å². The molecule has 2 aromatic carbocycles. The molecular weight excluding hydrogens is 371 g/mol. The molecule has 5 nitrogen and oxygen atoms in total. The zero-order valence-electron chi connectivity index (χ0n) is 15.2. The summed E-state index contributed by atoms with van der Waals surface area (Å²) in [5.41, 5.74) is 0.713. The molecule has 0 aliphatic carbocycles. The van der Waals surface area contributed by atoms with Crippen molar-refractivity contribution in [2.75, 3.05) is 13.7 Å². The molecule has 2 amide bonds. The minimum absolute atomic E-state index is 0.164. The fraction of sp³-hybridized carbons (Fsp3) is 0.300. The third kappa shape index (κ3) is 5.69. The van der Waals surface area contributed by atoms with Crippen molar-refractivity contribution in [1.29, 1.82) is 0 Å². The SMILES string of the molecule is CC[C@H](C(=O)NC)N(Cc1ccc(F)cc1)C(=O)COc1ccccc1Cl. The highest BCUT2D eigenvalue weighted by Crippen LogP contribution is 2.23. The van der Waals surface area contributed by atoms with Gasteiger partial charge in [0.1, 0.15) is 17.6 Å². The van der Waals surface area contributed by atoms with Crippen LogP contribution in [0.5, 0.6) is 5.75 Å². The summed E-state index contributed by atoms with van der Waals surface area (Å²) in [7, 11) is 1.52. The van der Waals surface area contributed by atoms with E-state index in [1.807, 2.05) is 6.92 Å². The van der Waals surface area contributed by atoms with Crippen molar-refractivity contribution >= 4 is 23.4 Å². The molecule has 1 N–H and O–H groups in total. The Balaban J connectivity index is 2.19. The molecule has 2 rings (SSSR count). The van der Waals surface area contributed by atoms with E-state index in [9.17, 15) is 14.0 Å². The fourth-order valence-corrected chi connectivity index (χ4v) is 2.85. The number of para-hydroxylation sites is 1. The van der Waals surface area contributed by atoms with Gasteiger partial charge in [-0.3, -0.25) is 9.59 Å². The van der Waals surface area contributed by atoms with Crippen molar-refractivity contribution in [3.8, 4) is 5.75 Å². The Labute approximate surface area is 163 Å². The fourth-order valence-electron chi connectivity index (χ4n) is 2.66. The lowest BCUT2D eigenvalue weighted by molar-refractivity contribution is -0.142. The number of hydrogen-bond acceptors (Lipinski definition) is 3. The van der Waals surface area contributed by atoms with Crippen LogP contribution in [0.15, 0.2) is 48.5 Å². The Morgan fingerprint density at radius 3 is 2.44 bits per heavy atom. The van der Waals surface area contributed by atoms with Crippen LogP contribution in [0.25, 0.3) is 0 Å². The number of ether oxygens (including phenoxy) is 1.